The molecule has 4 N–H and O–H groups in total. The summed E-state index contributed by atoms with van der Waals surface area (Å²) in [6.45, 7) is 1.34. The van der Waals surface area contributed by atoms with Crippen LogP contribution in [0.2, 0.25) is 0 Å². The van der Waals surface area contributed by atoms with Gasteiger partial charge in [0.1, 0.15) is 0 Å². The zero-order valence-corrected chi connectivity index (χ0v) is 10.8. The van der Waals surface area contributed by atoms with E-state index in [4.69, 9.17) is 10.2 Å². The summed E-state index contributed by atoms with van der Waals surface area (Å²) >= 11 is 0. The van der Waals surface area contributed by atoms with Gasteiger partial charge >= 0.3 is 18.4 Å². The summed E-state index contributed by atoms with van der Waals surface area (Å²) in [6.07, 6.45) is -7.46. The molecule has 2 unspecified atom stereocenters. The minimum atomic E-state index is -4.58. The molecule has 0 fully saturated rings. The second-order valence-electron chi connectivity index (χ2n) is 4.29. The Kier molecular flexibility index (Phi) is 5.01. The van der Waals surface area contributed by atoms with Crippen LogP contribution in [0.1, 0.15) is 24.1 Å². The highest BCUT2D eigenvalue weighted by Crippen LogP contribution is 2.31. The molecule has 0 aromatic heterocycles. The van der Waals surface area contributed by atoms with Crippen LogP contribution in [-0.4, -0.2) is 28.4 Å². The monoisotopic (exact) mass is 306 g/mol. The van der Waals surface area contributed by atoms with Crippen molar-refractivity contribution >= 4 is 12.2 Å². The molecule has 0 aliphatic heterocycles. The van der Waals surface area contributed by atoms with E-state index in [0.717, 1.165) is 18.2 Å². The lowest BCUT2D eigenvalue weighted by Gasteiger charge is -2.24. The molecule has 0 aliphatic carbocycles. The second-order valence-corrected chi connectivity index (χ2v) is 4.29. The van der Waals surface area contributed by atoms with Crippen molar-refractivity contribution in [2.45, 2.75) is 25.2 Å². The van der Waals surface area contributed by atoms with Crippen molar-refractivity contribution in [2.75, 3.05) is 0 Å². The van der Waals surface area contributed by atoms with Gasteiger partial charge in [-0.2, -0.15) is 13.2 Å². The Bertz CT molecular complexity index is 533. The standard InChI is InChI=1S/C12H13F3N2O4/c1-6(16-10(18)19)9(17-11(20)21)7-3-2-4-8(5-7)12(13,14)15/h2-6,9,16-17H,1H3,(H,18,19)(H,20,21). The molecule has 2 atom stereocenters. The maximum absolute atomic E-state index is 12.7. The molecule has 0 saturated heterocycles. The quantitative estimate of drug-likeness (QED) is 0.687. The first-order chi connectivity index (χ1) is 9.61. The summed E-state index contributed by atoms with van der Waals surface area (Å²) in [5.74, 6) is 0. The third kappa shape index (κ3) is 4.86. The summed E-state index contributed by atoms with van der Waals surface area (Å²) in [4.78, 5) is 21.3. The van der Waals surface area contributed by atoms with Crippen molar-refractivity contribution in [1.82, 2.24) is 10.6 Å². The van der Waals surface area contributed by atoms with Crippen LogP contribution in [0.3, 0.4) is 0 Å². The number of carboxylic acid groups (broad SMARTS) is 2. The third-order valence-corrected chi connectivity index (χ3v) is 2.70. The number of alkyl halides is 3. The molecule has 9 heteroatoms. The maximum atomic E-state index is 12.7. The molecule has 1 aromatic carbocycles. The number of benzene rings is 1. The molecule has 0 bridgehead atoms. The SMILES string of the molecule is CC(NC(=O)O)C(NC(=O)O)c1cccc(C(F)(F)F)c1. The van der Waals surface area contributed by atoms with E-state index in [1.165, 1.54) is 13.0 Å². The van der Waals surface area contributed by atoms with E-state index >= 15 is 0 Å². The summed E-state index contributed by atoms with van der Waals surface area (Å²) in [5.41, 5.74) is -0.937. The van der Waals surface area contributed by atoms with Crippen LogP contribution in [0.15, 0.2) is 24.3 Å². The lowest BCUT2D eigenvalue weighted by Crippen LogP contribution is -2.43. The highest BCUT2D eigenvalue weighted by atomic mass is 19.4. The third-order valence-electron chi connectivity index (χ3n) is 2.70. The van der Waals surface area contributed by atoms with Crippen LogP contribution in [0.4, 0.5) is 22.8 Å². The second kappa shape index (κ2) is 6.33. The molecule has 0 heterocycles. The molecule has 2 amide bonds. The van der Waals surface area contributed by atoms with E-state index in [1.54, 1.807) is 0 Å². The molecule has 1 aromatic rings. The van der Waals surface area contributed by atoms with E-state index < -0.39 is 36.0 Å². The van der Waals surface area contributed by atoms with E-state index in [2.05, 4.69) is 0 Å². The fourth-order valence-electron chi connectivity index (χ4n) is 1.82. The van der Waals surface area contributed by atoms with Gasteiger partial charge in [0, 0.05) is 0 Å². The molecule has 0 radical (unpaired) electrons. The van der Waals surface area contributed by atoms with Gasteiger partial charge in [-0.15, -0.1) is 0 Å². The van der Waals surface area contributed by atoms with Gasteiger partial charge in [-0.1, -0.05) is 12.1 Å². The van der Waals surface area contributed by atoms with Crippen molar-refractivity contribution in [1.29, 1.82) is 0 Å². The summed E-state index contributed by atoms with van der Waals surface area (Å²) in [6, 6.07) is 1.93. The maximum Gasteiger partial charge on any atom is 0.416 e. The van der Waals surface area contributed by atoms with E-state index in [9.17, 15) is 22.8 Å². The molecule has 0 saturated carbocycles. The molecule has 0 aliphatic rings. The van der Waals surface area contributed by atoms with Crippen molar-refractivity contribution in [3.8, 4) is 0 Å². The van der Waals surface area contributed by atoms with Gasteiger partial charge in [0.15, 0.2) is 0 Å². The number of hydrogen-bond acceptors (Lipinski definition) is 2. The first-order valence-corrected chi connectivity index (χ1v) is 5.77. The Hall–Kier alpha value is -2.45. The van der Waals surface area contributed by atoms with Crippen LogP contribution in [-0.2, 0) is 6.18 Å². The summed E-state index contributed by atoms with van der Waals surface area (Å²) in [7, 11) is 0. The molecule has 0 spiro atoms. The Morgan fingerprint density at radius 2 is 1.71 bits per heavy atom. The van der Waals surface area contributed by atoms with Crippen molar-refractivity contribution in [3.05, 3.63) is 35.4 Å². The molecular weight excluding hydrogens is 293 g/mol. The minimum Gasteiger partial charge on any atom is -0.465 e. The average molecular weight is 306 g/mol. The molecular formula is C12H13F3N2O4. The van der Waals surface area contributed by atoms with Crippen molar-refractivity contribution in [3.63, 3.8) is 0 Å². The van der Waals surface area contributed by atoms with Gasteiger partial charge in [-0.25, -0.2) is 9.59 Å². The topological polar surface area (TPSA) is 98.7 Å². The van der Waals surface area contributed by atoms with Crippen molar-refractivity contribution < 1.29 is 33.0 Å². The lowest BCUT2D eigenvalue weighted by molar-refractivity contribution is -0.137. The van der Waals surface area contributed by atoms with Gasteiger partial charge in [0.2, 0.25) is 0 Å². The van der Waals surface area contributed by atoms with E-state index in [0.29, 0.717) is 0 Å². The largest absolute Gasteiger partial charge is 0.465 e. The van der Waals surface area contributed by atoms with Crippen LogP contribution in [0, 0.1) is 0 Å². The summed E-state index contributed by atoms with van der Waals surface area (Å²) < 4.78 is 38.0. The smallest absolute Gasteiger partial charge is 0.416 e. The number of rotatable bonds is 4. The van der Waals surface area contributed by atoms with Crippen LogP contribution in [0.5, 0.6) is 0 Å². The fourth-order valence-corrected chi connectivity index (χ4v) is 1.82. The molecule has 1 rings (SSSR count). The normalized spacial score (nSPS) is 14.1. The number of halogens is 3. The molecule has 21 heavy (non-hydrogen) atoms. The number of carbonyl (C=O) groups is 2. The van der Waals surface area contributed by atoms with E-state index in [-0.39, 0.29) is 5.56 Å². The van der Waals surface area contributed by atoms with Crippen molar-refractivity contribution in [2.24, 2.45) is 0 Å². The highest BCUT2D eigenvalue weighted by molar-refractivity contribution is 5.67. The van der Waals surface area contributed by atoms with Gasteiger partial charge in [0.05, 0.1) is 17.6 Å². The fraction of sp³-hybridized carbons (Fsp3) is 0.333. The Morgan fingerprint density at radius 3 is 2.19 bits per heavy atom. The summed E-state index contributed by atoms with van der Waals surface area (Å²) in [5, 5.41) is 21.4. The van der Waals surface area contributed by atoms with Crippen LogP contribution < -0.4 is 10.6 Å². The number of amides is 2. The predicted octanol–water partition coefficient (Wildman–Crippen LogP) is 2.67. The van der Waals surface area contributed by atoms with Gasteiger partial charge in [-0.05, 0) is 24.6 Å². The number of nitrogens with one attached hydrogen (secondary N) is 2. The first kappa shape index (κ1) is 16.6. The number of hydrogen-bond donors (Lipinski definition) is 4. The lowest BCUT2D eigenvalue weighted by atomic mass is 9.98. The first-order valence-electron chi connectivity index (χ1n) is 5.77. The predicted molar refractivity (Wildman–Crippen MR) is 66.0 cm³/mol. The molecule has 6 nitrogen and oxygen atoms in total. The van der Waals surface area contributed by atoms with Crippen LogP contribution in [0.25, 0.3) is 0 Å². The zero-order valence-electron chi connectivity index (χ0n) is 10.8. The Balaban J connectivity index is 3.14. The van der Waals surface area contributed by atoms with E-state index in [1.807, 2.05) is 10.6 Å². The van der Waals surface area contributed by atoms with Gasteiger partial charge in [-0.3, -0.25) is 0 Å². The molecule has 116 valence electrons. The average Bonchev–Trinajstić information content (AvgIpc) is 2.34. The van der Waals surface area contributed by atoms with Crippen LogP contribution >= 0.6 is 0 Å². The van der Waals surface area contributed by atoms with Gasteiger partial charge < -0.3 is 20.8 Å². The Morgan fingerprint density at radius 1 is 1.14 bits per heavy atom. The Labute approximate surface area is 117 Å². The highest BCUT2D eigenvalue weighted by Gasteiger charge is 2.32. The van der Waals surface area contributed by atoms with Gasteiger partial charge in [0.25, 0.3) is 0 Å². The zero-order chi connectivity index (χ0) is 16.2. The minimum absolute atomic E-state index is 0.00785.